The minimum absolute atomic E-state index is 0.384. The molecule has 26 heavy (non-hydrogen) atoms. The van der Waals surface area contributed by atoms with Gasteiger partial charge in [0.05, 0.1) is 36.5 Å². The number of hydrogen-bond donors (Lipinski definition) is 1. The molecule has 0 aliphatic heterocycles. The number of fused-ring (bicyclic) bond motifs is 1. The van der Waals surface area contributed by atoms with Crippen LogP contribution in [0.1, 0.15) is 16.1 Å². The van der Waals surface area contributed by atoms with Crippen LogP contribution in [0.4, 0.5) is 11.6 Å². The molecule has 2 aromatic heterocycles. The summed E-state index contributed by atoms with van der Waals surface area (Å²) in [7, 11) is 1.37. The van der Waals surface area contributed by atoms with E-state index < -0.39 is 0 Å². The van der Waals surface area contributed by atoms with Crippen LogP contribution >= 0.6 is 0 Å². The van der Waals surface area contributed by atoms with Crippen molar-refractivity contribution in [2.24, 2.45) is 0 Å². The third kappa shape index (κ3) is 3.04. The van der Waals surface area contributed by atoms with Crippen LogP contribution in [0.15, 0.2) is 71.3 Å². The van der Waals surface area contributed by atoms with Gasteiger partial charge < -0.3 is 19.0 Å². The lowest BCUT2D eigenvalue weighted by molar-refractivity contribution is 0.0601. The van der Waals surface area contributed by atoms with Crippen LogP contribution in [0.5, 0.6) is 0 Å². The second-order valence-electron chi connectivity index (χ2n) is 5.79. The average molecular weight is 347 g/mol. The first-order valence-corrected chi connectivity index (χ1v) is 8.17. The molecule has 130 valence electrons. The van der Waals surface area contributed by atoms with Gasteiger partial charge in [-0.05, 0) is 42.5 Å². The molecule has 0 unspecified atom stereocenters. The number of aromatic nitrogens is 2. The zero-order valence-corrected chi connectivity index (χ0v) is 14.2. The summed E-state index contributed by atoms with van der Waals surface area (Å²) in [6.45, 7) is 0.524. The lowest BCUT2D eigenvalue weighted by atomic mass is 10.2. The normalized spacial score (nSPS) is 10.8. The number of nitrogens with one attached hydrogen (secondary N) is 1. The van der Waals surface area contributed by atoms with E-state index in [9.17, 15) is 4.79 Å². The third-order valence-corrected chi connectivity index (χ3v) is 4.09. The van der Waals surface area contributed by atoms with Crippen molar-refractivity contribution in [1.29, 1.82) is 0 Å². The van der Waals surface area contributed by atoms with Gasteiger partial charge in [-0.25, -0.2) is 9.78 Å². The Morgan fingerprint density at radius 1 is 1.15 bits per heavy atom. The first kappa shape index (κ1) is 16.0. The van der Waals surface area contributed by atoms with E-state index in [0.29, 0.717) is 23.6 Å². The summed E-state index contributed by atoms with van der Waals surface area (Å²) in [5, 5.41) is 3.33. The number of imidazole rings is 1. The van der Waals surface area contributed by atoms with Gasteiger partial charge in [0.15, 0.2) is 0 Å². The van der Waals surface area contributed by atoms with Gasteiger partial charge in [-0.15, -0.1) is 0 Å². The number of nitrogens with zero attached hydrogens (tertiary/aromatic N) is 2. The molecular weight excluding hydrogens is 330 g/mol. The highest BCUT2D eigenvalue weighted by Crippen LogP contribution is 2.25. The summed E-state index contributed by atoms with van der Waals surface area (Å²) < 4.78 is 12.3. The summed E-state index contributed by atoms with van der Waals surface area (Å²) in [5.74, 6) is 1.10. The number of hydrogen-bond acceptors (Lipinski definition) is 5. The highest BCUT2D eigenvalue weighted by Gasteiger charge is 2.15. The second-order valence-corrected chi connectivity index (χ2v) is 5.79. The molecule has 0 amide bonds. The highest BCUT2D eigenvalue weighted by atomic mass is 16.5. The maximum Gasteiger partial charge on any atom is 0.337 e. The first-order chi connectivity index (χ1) is 12.7. The van der Waals surface area contributed by atoms with Crippen molar-refractivity contribution < 1.29 is 13.9 Å². The molecular formula is C20H17N3O3. The molecule has 0 aliphatic rings. The second kappa shape index (κ2) is 6.76. The van der Waals surface area contributed by atoms with Crippen LogP contribution in [-0.4, -0.2) is 22.6 Å². The zero-order valence-electron chi connectivity index (χ0n) is 14.2. The number of carbonyl (C=O) groups excluding carboxylic acids is 1. The van der Waals surface area contributed by atoms with Gasteiger partial charge >= 0.3 is 5.97 Å². The van der Waals surface area contributed by atoms with E-state index in [1.807, 2.05) is 53.1 Å². The molecule has 2 heterocycles. The number of benzene rings is 2. The number of furan rings is 1. The van der Waals surface area contributed by atoms with Gasteiger partial charge in [-0.3, -0.25) is 0 Å². The van der Waals surface area contributed by atoms with E-state index in [1.165, 1.54) is 7.11 Å². The number of esters is 1. The van der Waals surface area contributed by atoms with Crippen LogP contribution in [0, 0.1) is 0 Å². The topological polar surface area (TPSA) is 69.3 Å². The quantitative estimate of drug-likeness (QED) is 0.548. The molecule has 0 aliphatic carbocycles. The smallest absolute Gasteiger partial charge is 0.337 e. The van der Waals surface area contributed by atoms with Crippen LogP contribution in [0.3, 0.4) is 0 Å². The maximum absolute atomic E-state index is 11.8. The summed E-state index contributed by atoms with van der Waals surface area (Å²) in [6.07, 6.45) is 1.65. The lowest BCUT2D eigenvalue weighted by Gasteiger charge is -2.09. The molecule has 0 spiro atoms. The Morgan fingerprint density at radius 2 is 2.00 bits per heavy atom. The Kier molecular flexibility index (Phi) is 4.15. The van der Waals surface area contributed by atoms with Crippen molar-refractivity contribution in [3.05, 3.63) is 78.3 Å². The fourth-order valence-electron chi connectivity index (χ4n) is 2.84. The van der Waals surface area contributed by atoms with E-state index in [-0.39, 0.29) is 5.97 Å². The van der Waals surface area contributed by atoms with E-state index in [1.54, 1.807) is 18.4 Å². The molecule has 4 aromatic rings. The Bertz CT molecular complexity index is 1040. The molecule has 4 rings (SSSR count). The summed E-state index contributed by atoms with van der Waals surface area (Å²) in [5.41, 5.74) is 3.00. The molecule has 6 nitrogen and oxygen atoms in total. The average Bonchev–Trinajstić information content (AvgIpc) is 3.30. The molecule has 0 saturated carbocycles. The van der Waals surface area contributed by atoms with Gasteiger partial charge in [0, 0.05) is 5.69 Å². The fourth-order valence-corrected chi connectivity index (χ4v) is 2.84. The monoisotopic (exact) mass is 347 g/mol. The molecule has 0 fully saturated rings. The molecule has 0 bridgehead atoms. The molecule has 6 heteroatoms. The zero-order chi connectivity index (χ0) is 17.9. The van der Waals surface area contributed by atoms with E-state index >= 15 is 0 Å². The summed E-state index contributed by atoms with van der Waals surface area (Å²) >= 11 is 0. The van der Waals surface area contributed by atoms with Crippen molar-refractivity contribution in [3.8, 4) is 0 Å². The van der Waals surface area contributed by atoms with Crippen molar-refractivity contribution in [3.63, 3.8) is 0 Å². The van der Waals surface area contributed by atoms with Gasteiger partial charge in [0.25, 0.3) is 0 Å². The first-order valence-electron chi connectivity index (χ1n) is 8.17. The van der Waals surface area contributed by atoms with Gasteiger partial charge in [-0.2, -0.15) is 0 Å². The fraction of sp³-hybridized carbons (Fsp3) is 0.100. The van der Waals surface area contributed by atoms with Gasteiger partial charge in [0.2, 0.25) is 5.95 Å². The number of anilines is 2. The SMILES string of the molecule is COC(=O)c1ccc2c(c1)nc(Nc1ccccc1)n2Cc1ccco1. The van der Waals surface area contributed by atoms with Crippen LogP contribution < -0.4 is 5.32 Å². The van der Waals surface area contributed by atoms with Crippen molar-refractivity contribution in [2.45, 2.75) is 6.54 Å². The van der Waals surface area contributed by atoms with Crippen molar-refractivity contribution >= 4 is 28.6 Å². The number of rotatable bonds is 5. The Labute approximate surface area is 150 Å². The predicted molar refractivity (Wildman–Crippen MR) is 98.6 cm³/mol. The van der Waals surface area contributed by atoms with E-state index in [4.69, 9.17) is 9.15 Å². The maximum atomic E-state index is 11.8. The Balaban J connectivity index is 1.80. The van der Waals surface area contributed by atoms with Gasteiger partial charge in [-0.1, -0.05) is 18.2 Å². The lowest BCUT2D eigenvalue weighted by Crippen LogP contribution is -2.05. The minimum atomic E-state index is -0.384. The van der Waals surface area contributed by atoms with E-state index in [0.717, 1.165) is 17.0 Å². The Morgan fingerprint density at radius 3 is 2.73 bits per heavy atom. The number of carbonyl (C=O) groups is 1. The molecule has 0 saturated heterocycles. The summed E-state index contributed by atoms with van der Waals surface area (Å²) in [6, 6.07) is 18.9. The predicted octanol–water partition coefficient (Wildman–Crippen LogP) is 4.21. The van der Waals surface area contributed by atoms with E-state index in [2.05, 4.69) is 10.3 Å². The van der Waals surface area contributed by atoms with Gasteiger partial charge in [0.1, 0.15) is 5.76 Å². The third-order valence-electron chi connectivity index (χ3n) is 4.09. The van der Waals surface area contributed by atoms with Crippen LogP contribution in [0.25, 0.3) is 11.0 Å². The standard InChI is InChI=1S/C20H17N3O3/c1-25-19(24)14-9-10-18-17(12-14)22-20(21-15-6-3-2-4-7-15)23(18)13-16-8-5-11-26-16/h2-12H,13H2,1H3,(H,21,22). The minimum Gasteiger partial charge on any atom is -0.467 e. The molecule has 0 atom stereocenters. The number of ether oxygens (including phenoxy) is 1. The summed E-state index contributed by atoms with van der Waals surface area (Å²) in [4.78, 5) is 16.5. The van der Waals surface area contributed by atoms with Crippen molar-refractivity contribution in [1.82, 2.24) is 9.55 Å². The molecule has 1 N–H and O–H groups in total. The highest BCUT2D eigenvalue weighted by molar-refractivity contribution is 5.94. The number of para-hydroxylation sites is 1. The largest absolute Gasteiger partial charge is 0.467 e. The van der Waals surface area contributed by atoms with Crippen LogP contribution in [0.2, 0.25) is 0 Å². The van der Waals surface area contributed by atoms with Crippen LogP contribution in [-0.2, 0) is 11.3 Å². The molecule has 2 aromatic carbocycles. The number of methoxy groups -OCH3 is 1. The van der Waals surface area contributed by atoms with Crippen molar-refractivity contribution in [2.75, 3.05) is 12.4 Å². The molecule has 0 radical (unpaired) electrons. The Hall–Kier alpha value is -3.54.